The van der Waals surface area contributed by atoms with Crippen molar-refractivity contribution in [3.63, 3.8) is 0 Å². The maximum absolute atomic E-state index is 8.64. The number of hydrogen-bond acceptors (Lipinski definition) is 2. The summed E-state index contributed by atoms with van der Waals surface area (Å²) >= 11 is 0. The normalized spacial score (nSPS) is 11.6. The molecule has 0 aliphatic heterocycles. The van der Waals surface area contributed by atoms with E-state index in [9.17, 15) is 0 Å². The molecule has 0 aliphatic rings. The molecule has 0 atom stereocenters. The van der Waals surface area contributed by atoms with E-state index < -0.39 is 0 Å². The third-order valence-corrected chi connectivity index (χ3v) is 2.34. The Morgan fingerprint density at radius 2 is 1.86 bits per heavy atom. The average Bonchev–Trinajstić information content (AvgIpc) is 2.21. The van der Waals surface area contributed by atoms with Crippen LogP contribution in [0.1, 0.15) is 58.3 Å². The third-order valence-electron chi connectivity index (χ3n) is 2.34. The minimum Gasteiger partial charge on any atom is -0.411 e. The molecule has 0 spiro atoms. The largest absolute Gasteiger partial charge is 0.411 e. The van der Waals surface area contributed by atoms with Gasteiger partial charge in [0.2, 0.25) is 0 Å². The number of hydrogen-bond donors (Lipinski definition) is 1. The van der Waals surface area contributed by atoms with Crippen LogP contribution in [-0.4, -0.2) is 10.9 Å². The van der Waals surface area contributed by atoms with Crippen LogP contribution in [0, 0.1) is 0 Å². The number of allylic oxidation sites excluding steroid dienone is 1. The topological polar surface area (TPSA) is 32.6 Å². The fourth-order valence-electron chi connectivity index (χ4n) is 1.47. The Morgan fingerprint density at radius 1 is 1.21 bits per heavy atom. The highest BCUT2D eigenvalue weighted by Gasteiger charge is 1.97. The maximum atomic E-state index is 8.64. The lowest BCUT2D eigenvalue weighted by molar-refractivity contribution is 0.316. The smallest absolute Gasteiger partial charge is 0.0608 e. The lowest BCUT2D eigenvalue weighted by Crippen LogP contribution is -1.96. The fraction of sp³-hybridized carbons (Fsp3) is 0.750. The molecule has 0 aromatic heterocycles. The summed E-state index contributed by atoms with van der Waals surface area (Å²) in [6.45, 7) is 5.85. The quantitative estimate of drug-likeness (QED) is 0.194. The predicted molar refractivity (Wildman–Crippen MR) is 62.0 cm³/mol. The van der Waals surface area contributed by atoms with Gasteiger partial charge in [0.05, 0.1) is 5.71 Å². The molecule has 1 N–H and O–H groups in total. The molecule has 0 aromatic rings. The number of unbranched alkanes of at least 4 members (excludes halogenated alkanes) is 5. The number of rotatable bonds is 9. The van der Waals surface area contributed by atoms with Crippen molar-refractivity contribution in [2.24, 2.45) is 5.16 Å². The van der Waals surface area contributed by atoms with Gasteiger partial charge in [-0.05, 0) is 12.8 Å². The second-order valence-electron chi connectivity index (χ2n) is 3.68. The summed E-state index contributed by atoms with van der Waals surface area (Å²) in [4.78, 5) is 0. The van der Waals surface area contributed by atoms with Gasteiger partial charge in [0, 0.05) is 6.42 Å². The Morgan fingerprint density at radius 3 is 2.43 bits per heavy atom. The van der Waals surface area contributed by atoms with Crippen molar-refractivity contribution in [3.8, 4) is 0 Å². The minimum absolute atomic E-state index is 0.714. The fourth-order valence-corrected chi connectivity index (χ4v) is 1.47. The van der Waals surface area contributed by atoms with Crippen molar-refractivity contribution in [1.29, 1.82) is 0 Å². The standard InChI is InChI=1S/C12H23NO/c1-3-5-6-7-8-9-11-12(13-14)10-4-2/h4,14H,2-3,5-11H2,1H3. The Hall–Kier alpha value is -0.790. The van der Waals surface area contributed by atoms with Crippen LogP contribution >= 0.6 is 0 Å². The van der Waals surface area contributed by atoms with E-state index >= 15 is 0 Å². The van der Waals surface area contributed by atoms with Crippen molar-refractivity contribution < 1.29 is 5.21 Å². The zero-order chi connectivity index (χ0) is 10.6. The molecule has 14 heavy (non-hydrogen) atoms. The van der Waals surface area contributed by atoms with Gasteiger partial charge in [-0.2, -0.15) is 0 Å². The second kappa shape index (κ2) is 10.3. The molecular formula is C12H23NO. The molecule has 0 fully saturated rings. The summed E-state index contributed by atoms with van der Waals surface area (Å²) in [6, 6.07) is 0. The first-order chi connectivity index (χ1) is 6.85. The van der Waals surface area contributed by atoms with Gasteiger partial charge in [-0.1, -0.05) is 50.3 Å². The summed E-state index contributed by atoms with van der Waals surface area (Å²) in [7, 11) is 0. The van der Waals surface area contributed by atoms with Crippen LogP contribution in [0.5, 0.6) is 0 Å². The Bertz CT molecular complexity index is 164. The van der Waals surface area contributed by atoms with E-state index in [1.165, 1.54) is 32.1 Å². The first kappa shape index (κ1) is 13.2. The van der Waals surface area contributed by atoms with E-state index in [-0.39, 0.29) is 0 Å². The second-order valence-corrected chi connectivity index (χ2v) is 3.68. The van der Waals surface area contributed by atoms with Crippen LogP contribution in [0.3, 0.4) is 0 Å². The molecular weight excluding hydrogens is 174 g/mol. The molecule has 2 nitrogen and oxygen atoms in total. The molecule has 0 radical (unpaired) electrons. The van der Waals surface area contributed by atoms with E-state index in [1.807, 2.05) is 0 Å². The van der Waals surface area contributed by atoms with Gasteiger partial charge in [-0.25, -0.2) is 0 Å². The lowest BCUT2D eigenvalue weighted by Gasteiger charge is -2.01. The van der Waals surface area contributed by atoms with Crippen molar-refractivity contribution in [1.82, 2.24) is 0 Å². The van der Waals surface area contributed by atoms with E-state index in [0.717, 1.165) is 18.6 Å². The SMILES string of the molecule is C=CCC(CCCCCCCC)=NO. The highest BCUT2D eigenvalue weighted by molar-refractivity contribution is 5.85. The van der Waals surface area contributed by atoms with Crippen LogP contribution < -0.4 is 0 Å². The van der Waals surface area contributed by atoms with Gasteiger partial charge in [0.15, 0.2) is 0 Å². The van der Waals surface area contributed by atoms with Crippen LogP contribution in [0.4, 0.5) is 0 Å². The first-order valence-electron chi connectivity index (χ1n) is 5.65. The summed E-state index contributed by atoms with van der Waals surface area (Å²) in [5, 5.41) is 11.9. The van der Waals surface area contributed by atoms with Gasteiger partial charge < -0.3 is 5.21 Å². The van der Waals surface area contributed by atoms with Crippen molar-refractivity contribution in [2.45, 2.75) is 58.3 Å². The maximum Gasteiger partial charge on any atom is 0.0608 e. The van der Waals surface area contributed by atoms with E-state index in [2.05, 4.69) is 18.7 Å². The molecule has 0 rings (SSSR count). The van der Waals surface area contributed by atoms with Crippen LogP contribution in [0.25, 0.3) is 0 Å². The monoisotopic (exact) mass is 197 g/mol. The van der Waals surface area contributed by atoms with Crippen molar-refractivity contribution >= 4 is 5.71 Å². The van der Waals surface area contributed by atoms with E-state index in [0.29, 0.717) is 6.42 Å². The average molecular weight is 197 g/mol. The third kappa shape index (κ3) is 7.84. The van der Waals surface area contributed by atoms with Gasteiger partial charge in [-0.3, -0.25) is 0 Å². The summed E-state index contributed by atoms with van der Waals surface area (Å²) < 4.78 is 0. The van der Waals surface area contributed by atoms with Crippen LogP contribution in [-0.2, 0) is 0 Å². The number of nitrogens with zero attached hydrogens (tertiary/aromatic N) is 1. The predicted octanol–water partition coefficient (Wildman–Crippen LogP) is 4.14. The minimum atomic E-state index is 0.714. The van der Waals surface area contributed by atoms with Crippen molar-refractivity contribution in [2.75, 3.05) is 0 Å². The molecule has 0 heterocycles. The van der Waals surface area contributed by atoms with Crippen molar-refractivity contribution in [3.05, 3.63) is 12.7 Å². The molecule has 0 saturated heterocycles. The molecule has 0 aromatic carbocycles. The Kier molecular flexibility index (Phi) is 9.71. The summed E-state index contributed by atoms with van der Waals surface area (Å²) in [5.74, 6) is 0. The number of oxime groups is 1. The highest BCUT2D eigenvalue weighted by atomic mass is 16.4. The summed E-state index contributed by atoms with van der Waals surface area (Å²) in [6.07, 6.45) is 11.1. The van der Waals surface area contributed by atoms with Gasteiger partial charge in [0.25, 0.3) is 0 Å². The molecule has 0 unspecified atom stereocenters. The van der Waals surface area contributed by atoms with Gasteiger partial charge in [-0.15, -0.1) is 6.58 Å². The highest BCUT2D eigenvalue weighted by Crippen LogP contribution is 2.08. The zero-order valence-corrected chi connectivity index (χ0v) is 9.34. The molecule has 0 saturated carbocycles. The molecule has 0 bridgehead atoms. The van der Waals surface area contributed by atoms with Gasteiger partial charge in [0.1, 0.15) is 0 Å². The van der Waals surface area contributed by atoms with Crippen LogP contribution in [0.15, 0.2) is 17.8 Å². The van der Waals surface area contributed by atoms with E-state index in [4.69, 9.17) is 5.21 Å². The van der Waals surface area contributed by atoms with Crippen LogP contribution in [0.2, 0.25) is 0 Å². The zero-order valence-electron chi connectivity index (χ0n) is 9.34. The molecule has 82 valence electrons. The molecule has 0 aliphatic carbocycles. The Balaban J connectivity index is 3.29. The molecule has 0 amide bonds. The summed E-state index contributed by atoms with van der Waals surface area (Å²) in [5.41, 5.74) is 0.857. The first-order valence-corrected chi connectivity index (χ1v) is 5.65. The Labute approximate surface area is 87.7 Å². The van der Waals surface area contributed by atoms with Gasteiger partial charge >= 0.3 is 0 Å². The van der Waals surface area contributed by atoms with E-state index in [1.54, 1.807) is 6.08 Å². The lowest BCUT2D eigenvalue weighted by atomic mass is 10.1. The molecule has 2 heteroatoms.